The minimum atomic E-state index is -0.875. The Labute approximate surface area is 84.8 Å². The van der Waals surface area contributed by atoms with Crippen LogP contribution in [-0.4, -0.2) is 54.1 Å². The van der Waals surface area contributed by atoms with Gasteiger partial charge in [0.1, 0.15) is 0 Å². The summed E-state index contributed by atoms with van der Waals surface area (Å²) in [6.45, 7) is 1.96. The highest BCUT2D eigenvalue weighted by Crippen LogP contribution is 2.17. The molecule has 1 saturated heterocycles. The standard InChI is InChI=1S/C10H18N2O2/c1-11(2)8-9-4-3-6-12(9)7-5-10(13)14/h5,7,9H,3-4,6,8H2,1-2H3,(H,13,14). The van der Waals surface area contributed by atoms with Gasteiger partial charge < -0.3 is 14.9 Å². The van der Waals surface area contributed by atoms with Gasteiger partial charge in [0.2, 0.25) is 0 Å². The summed E-state index contributed by atoms with van der Waals surface area (Å²) in [5.41, 5.74) is 0. The second-order valence-corrected chi connectivity index (χ2v) is 3.95. The summed E-state index contributed by atoms with van der Waals surface area (Å²) in [5.74, 6) is -0.875. The molecular weight excluding hydrogens is 180 g/mol. The van der Waals surface area contributed by atoms with Crippen LogP contribution in [-0.2, 0) is 4.79 Å². The molecule has 0 saturated carbocycles. The van der Waals surface area contributed by atoms with Crippen LogP contribution in [0.1, 0.15) is 12.8 Å². The first-order valence-corrected chi connectivity index (χ1v) is 4.91. The molecule has 0 aromatic rings. The van der Waals surface area contributed by atoms with E-state index < -0.39 is 5.97 Å². The van der Waals surface area contributed by atoms with E-state index in [1.165, 1.54) is 6.08 Å². The summed E-state index contributed by atoms with van der Waals surface area (Å²) in [6.07, 6.45) is 5.22. The van der Waals surface area contributed by atoms with Crippen LogP contribution in [0, 0.1) is 0 Å². The third kappa shape index (κ3) is 3.38. The summed E-state index contributed by atoms with van der Waals surface area (Å²) in [6, 6.07) is 0.473. The first-order valence-electron chi connectivity index (χ1n) is 4.91. The molecule has 0 spiro atoms. The predicted molar refractivity (Wildman–Crippen MR) is 55.1 cm³/mol. The van der Waals surface area contributed by atoms with Crippen molar-refractivity contribution < 1.29 is 9.90 Å². The van der Waals surface area contributed by atoms with Crippen molar-refractivity contribution in [3.05, 3.63) is 12.3 Å². The van der Waals surface area contributed by atoms with E-state index >= 15 is 0 Å². The lowest BCUT2D eigenvalue weighted by molar-refractivity contribution is -0.131. The molecule has 1 N–H and O–H groups in total. The number of hydrogen-bond donors (Lipinski definition) is 1. The summed E-state index contributed by atoms with van der Waals surface area (Å²) in [7, 11) is 4.08. The number of rotatable bonds is 4. The molecule has 1 fully saturated rings. The Morgan fingerprint density at radius 3 is 2.93 bits per heavy atom. The minimum Gasteiger partial charge on any atom is -0.478 e. The predicted octanol–water partition coefficient (Wildman–Crippen LogP) is 0.611. The van der Waals surface area contributed by atoms with Crippen molar-refractivity contribution in [1.82, 2.24) is 9.80 Å². The van der Waals surface area contributed by atoms with E-state index in [0.29, 0.717) is 6.04 Å². The van der Waals surface area contributed by atoms with Gasteiger partial charge in [-0.3, -0.25) is 0 Å². The number of aliphatic carboxylic acids is 1. The van der Waals surface area contributed by atoms with Gasteiger partial charge >= 0.3 is 5.97 Å². The van der Waals surface area contributed by atoms with E-state index in [0.717, 1.165) is 25.9 Å². The van der Waals surface area contributed by atoms with Crippen molar-refractivity contribution in [2.75, 3.05) is 27.2 Å². The molecule has 0 bridgehead atoms. The van der Waals surface area contributed by atoms with Gasteiger partial charge in [0.25, 0.3) is 0 Å². The average molecular weight is 198 g/mol. The Morgan fingerprint density at radius 1 is 1.64 bits per heavy atom. The van der Waals surface area contributed by atoms with Gasteiger partial charge in [-0.05, 0) is 26.9 Å². The van der Waals surface area contributed by atoms with Gasteiger partial charge in [-0.15, -0.1) is 0 Å². The molecule has 1 heterocycles. The third-order valence-electron chi connectivity index (χ3n) is 2.41. The van der Waals surface area contributed by atoms with E-state index in [2.05, 4.69) is 9.80 Å². The topological polar surface area (TPSA) is 43.8 Å². The van der Waals surface area contributed by atoms with Crippen molar-refractivity contribution in [2.24, 2.45) is 0 Å². The fourth-order valence-electron chi connectivity index (χ4n) is 1.83. The maximum absolute atomic E-state index is 10.4. The van der Waals surface area contributed by atoms with Crippen LogP contribution < -0.4 is 0 Å². The van der Waals surface area contributed by atoms with Crippen molar-refractivity contribution in [3.8, 4) is 0 Å². The van der Waals surface area contributed by atoms with Crippen LogP contribution in [0.5, 0.6) is 0 Å². The van der Waals surface area contributed by atoms with Crippen molar-refractivity contribution in [2.45, 2.75) is 18.9 Å². The smallest absolute Gasteiger partial charge is 0.329 e. The fraction of sp³-hybridized carbons (Fsp3) is 0.700. The molecule has 1 atom stereocenters. The van der Waals surface area contributed by atoms with Crippen LogP contribution >= 0.6 is 0 Å². The first kappa shape index (κ1) is 11.0. The molecule has 4 heteroatoms. The van der Waals surface area contributed by atoms with Gasteiger partial charge in [0.15, 0.2) is 0 Å². The Morgan fingerprint density at radius 2 is 2.36 bits per heavy atom. The largest absolute Gasteiger partial charge is 0.478 e. The minimum absolute atomic E-state index is 0.473. The van der Waals surface area contributed by atoms with Crippen LogP contribution in [0.3, 0.4) is 0 Å². The lowest BCUT2D eigenvalue weighted by Crippen LogP contribution is -2.34. The SMILES string of the molecule is CN(C)CC1CCCN1C=CC(=O)O. The van der Waals surface area contributed by atoms with Crippen LogP contribution in [0.2, 0.25) is 0 Å². The molecule has 4 nitrogen and oxygen atoms in total. The Balaban J connectivity index is 2.46. The van der Waals surface area contributed by atoms with Gasteiger partial charge in [-0.1, -0.05) is 0 Å². The van der Waals surface area contributed by atoms with Crippen LogP contribution in [0.25, 0.3) is 0 Å². The second-order valence-electron chi connectivity index (χ2n) is 3.95. The summed E-state index contributed by atoms with van der Waals surface area (Å²) in [5, 5.41) is 8.52. The number of carboxylic acids is 1. The lowest BCUT2D eigenvalue weighted by atomic mass is 10.2. The molecule has 0 radical (unpaired) electrons. The highest BCUT2D eigenvalue weighted by atomic mass is 16.4. The first-order chi connectivity index (χ1) is 6.59. The Kier molecular flexibility index (Phi) is 3.95. The zero-order valence-electron chi connectivity index (χ0n) is 8.81. The van der Waals surface area contributed by atoms with Crippen molar-refractivity contribution >= 4 is 5.97 Å². The summed E-state index contributed by atoms with van der Waals surface area (Å²) >= 11 is 0. The van der Waals surface area contributed by atoms with Gasteiger partial charge in [-0.2, -0.15) is 0 Å². The van der Waals surface area contributed by atoms with E-state index in [-0.39, 0.29) is 0 Å². The number of likely N-dealkylation sites (tertiary alicyclic amines) is 1. The highest BCUT2D eigenvalue weighted by Gasteiger charge is 2.21. The molecule has 80 valence electrons. The lowest BCUT2D eigenvalue weighted by Gasteiger charge is -2.25. The summed E-state index contributed by atoms with van der Waals surface area (Å²) in [4.78, 5) is 14.6. The maximum atomic E-state index is 10.4. The molecule has 1 unspecified atom stereocenters. The molecule has 0 aromatic heterocycles. The van der Waals surface area contributed by atoms with E-state index in [1.807, 2.05) is 14.1 Å². The van der Waals surface area contributed by atoms with Crippen LogP contribution in [0.15, 0.2) is 12.3 Å². The Hall–Kier alpha value is -1.03. The molecule has 1 aliphatic rings. The molecule has 14 heavy (non-hydrogen) atoms. The molecule has 0 amide bonds. The van der Waals surface area contributed by atoms with Crippen LogP contribution in [0.4, 0.5) is 0 Å². The van der Waals surface area contributed by atoms with Gasteiger partial charge in [-0.25, -0.2) is 4.79 Å². The fourth-order valence-corrected chi connectivity index (χ4v) is 1.83. The normalized spacial score (nSPS) is 22.5. The summed E-state index contributed by atoms with van der Waals surface area (Å²) < 4.78 is 0. The Bertz CT molecular complexity index is 226. The number of carbonyl (C=O) groups is 1. The van der Waals surface area contributed by atoms with E-state index in [9.17, 15) is 4.79 Å². The van der Waals surface area contributed by atoms with E-state index in [4.69, 9.17) is 5.11 Å². The molecule has 1 aliphatic heterocycles. The quantitative estimate of drug-likeness (QED) is 0.672. The maximum Gasteiger partial charge on any atom is 0.329 e. The highest BCUT2D eigenvalue weighted by molar-refractivity contribution is 5.79. The number of hydrogen-bond acceptors (Lipinski definition) is 3. The van der Waals surface area contributed by atoms with Gasteiger partial charge in [0.05, 0.1) is 0 Å². The van der Waals surface area contributed by atoms with Crippen molar-refractivity contribution in [3.63, 3.8) is 0 Å². The number of nitrogens with zero attached hydrogens (tertiary/aromatic N) is 2. The molecular formula is C10H18N2O2. The molecule has 1 rings (SSSR count). The third-order valence-corrected chi connectivity index (χ3v) is 2.41. The number of likely N-dealkylation sites (N-methyl/N-ethyl adjacent to an activating group) is 1. The molecule has 0 aromatic carbocycles. The van der Waals surface area contributed by atoms with E-state index in [1.54, 1.807) is 6.20 Å². The zero-order chi connectivity index (χ0) is 10.6. The number of carboxylic acid groups (broad SMARTS) is 1. The average Bonchev–Trinajstić information content (AvgIpc) is 2.47. The zero-order valence-corrected chi connectivity index (χ0v) is 8.81. The van der Waals surface area contributed by atoms with Crippen molar-refractivity contribution in [1.29, 1.82) is 0 Å². The monoisotopic (exact) mass is 198 g/mol. The molecule has 0 aliphatic carbocycles. The second kappa shape index (κ2) is 5.00. The van der Waals surface area contributed by atoms with Gasteiger partial charge in [0, 0.05) is 31.4 Å².